The highest BCUT2D eigenvalue weighted by Crippen LogP contribution is 2.49. The smallest absolute Gasteiger partial charge is 0.240 e. The lowest BCUT2D eigenvalue weighted by Gasteiger charge is -2.24. The molecule has 222 valence electrons. The molecule has 1 fully saturated rings. The van der Waals surface area contributed by atoms with Crippen LogP contribution in [-0.2, 0) is 14.3 Å². The molecule has 1 N–H and O–H groups in total. The number of hydrogen-bond donors (Lipinski definition) is 1. The molecule has 6 rings (SSSR count). The lowest BCUT2D eigenvalue weighted by molar-refractivity contribution is -0.123. The number of rotatable bonds is 8. The fourth-order valence-corrected chi connectivity index (χ4v) is 7.02. The second-order valence-electron chi connectivity index (χ2n) is 10.7. The van der Waals surface area contributed by atoms with E-state index in [-0.39, 0.29) is 35.5 Å². The van der Waals surface area contributed by atoms with Gasteiger partial charge in [0.15, 0.2) is 0 Å². The predicted octanol–water partition coefficient (Wildman–Crippen LogP) is 5.97. The number of fused-ring (bicyclic) bond motifs is 1. The van der Waals surface area contributed by atoms with Gasteiger partial charge in [-0.2, -0.15) is 5.10 Å². The van der Waals surface area contributed by atoms with Gasteiger partial charge in [-0.3, -0.25) is 14.5 Å². The van der Waals surface area contributed by atoms with E-state index in [0.717, 1.165) is 46.5 Å². The van der Waals surface area contributed by atoms with Crippen LogP contribution in [0.5, 0.6) is 5.75 Å². The maximum absolute atomic E-state index is 13.9. The molecule has 3 aromatic carbocycles. The van der Waals surface area contributed by atoms with Crippen molar-refractivity contribution in [2.45, 2.75) is 31.1 Å². The monoisotopic (exact) mass is 616 g/mol. The minimum atomic E-state index is -0.246. The topological polar surface area (TPSA) is 85.7 Å². The van der Waals surface area contributed by atoms with Crippen molar-refractivity contribution in [2.24, 2.45) is 0 Å². The van der Waals surface area contributed by atoms with Crippen LogP contribution in [0.3, 0.4) is 0 Å². The van der Waals surface area contributed by atoms with Crippen molar-refractivity contribution in [3.63, 3.8) is 0 Å². The van der Waals surface area contributed by atoms with Gasteiger partial charge in [-0.1, -0.05) is 48.0 Å². The Morgan fingerprint density at radius 1 is 1.12 bits per heavy atom. The van der Waals surface area contributed by atoms with Crippen molar-refractivity contribution in [3.05, 3.63) is 94.5 Å². The summed E-state index contributed by atoms with van der Waals surface area (Å²) in [6.45, 7) is 3.07. The standard InChI is InChI=1S/C33H33ClN4O4S/c1-21-6-3-4-8-27(21)32-30-31(22-9-11-23(34)12-10-22)36-38(24-13-15-25(41-2)16-14-24)33(30)37(29(40)20-43-32)19-28(39)35-18-26-7-5-17-42-26/h3-4,6,8-16,26,32H,5,7,17-20H2,1-2H3,(H,35,39)/t26-,32-/m0/s1. The van der Waals surface area contributed by atoms with Crippen molar-refractivity contribution in [1.82, 2.24) is 15.1 Å². The van der Waals surface area contributed by atoms with Crippen LogP contribution >= 0.6 is 23.4 Å². The Labute approximate surface area is 260 Å². The second-order valence-corrected chi connectivity index (χ2v) is 12.2. The Balaban J connectivity index is 1.53. The molecule has 2 atom stereocenters. The predicted molar refractivity (Wildman–Crippen MR) is 170 cm³/mol. The van der Waals surface area contributed by atoms with Crippen LogP contribution in [0.4, 0.5) is 5.82 Å². The van der Waals surface area contributed by atoms with Gasteiger partial charge >= 0.3 is 0 Å². The van der Waals surface area contributed by atoms with Gasteiger partial charge in [-0.25, -0.2) is 4.68 Å². The van der Waals surface area contributed by atoms with Gasteiger partial charge in [0.25, 0.3) is 0 Å². The minimum Gasteiger partial charge on any atom is -0.497 e. The molecule has 10 heteroatoms. The fourth-order valence-electron chi connectivity index (χ4n) is 5.60. The maximum atomic E-state index is 13.9. The number of amides is 2. The van der Waals surface area contributed by atoms with E-state index in [1.165, 1.54) is 0 Å². The first-order valence-electron chi connectivity index (χ1n) is 14.3. The van der Waals surface area contributed by atoms with Crippen LogP contribution in [-0.4, -0.2) is 60.3 Å². The molecule has 1 aromatic heterocycles. The zero-order valence-corrected chi connectivity index (χ0v) is 25.7. The molecular weight excluding hydrogens is 584 g/mol. The number of carbonyl (C=O) groups is 2. The Morgan fingerprint density at radius 2 is 1.88 bits per heavy atom. The summed E-state index contributed by atoms with van der Waals surface area (Å²) in [5.74, 6) is 1.08. The molecule has 4 aromatic rings. The van der Waals surface area contributed by atoms with E-state index in [9.17, 15) is 9.59 Å². The first-order chi connectivity index (χ1) is 20.9. The second kappa shape index (κ2) is 12.8. The summed E-state index contributed by atoms with van der Waals surface area (Å²) in [4.78, 5) is 28.9. The molecule has 0 spiro atoms. The summed E-state index contributed by atoms with van der Waals surface area (Å²) in [6, 6.07) is 23.3. The Kier molecular flexibility index (Phi) is 8.74. The summed E-state index contributed by atoms with van der Waals surface area (Å²) in [5, 5.41) is 8.54. The van der Waals surface area contributed by atoms with Gasteiger partial charge < -0.3 is 14.8 Å². The molecule has 2 aliphatic heterocycles. The number of halogens is 1. The summed E-state index contributed by atoms with van der Waals surface area (Å²) < 4.78 is 12.9. The third-order valence-corrected chi connectivity index (χ3v) is 9.34. The van der Waals surface area contributed by atoms with E-state index in [1.807, 2.05) is 60.7 Å². The first kappa shape index (κ1) is 29.3. The number of hydrogen-bond acceptors (Lipinski definition) is 6. The highest BCUT2D eigenvalue weighted by atomic mass is 35.5. The van der Waals surface area contributed by atoms with Crippen LogP contribution in [0, 0.1) is 6.92 Å². The summed E-state index contributed by atoms with van der Waals surface area (Å²) in [5.41, 5.74) is 5.41. The van der Waals surface area contributed by atoms with Gasteiger partial charge in [0, 0.05) is 29.3 Å². The van der Waals surface area contributed by atoms with Crippen LogP contribution < -0.4 is 15.0 Å². The number of methoxy groups -OCH3 is 1. The van der Waals surface area contributed by atoms with Crippen LogP contribution in [0.15, 0.2) is 72.8 Å². The Morgan fingerprint density at radius 3 is 2.58 bits per heavy atom. The highest BCUT2D eigenvalue weighted by Gasteiger charge is 2.38. The molecule has 8 nitrogen and oxygen atoms in total. The van der Waals surface area contributed by atoms with Crippen molar-refractivity contribution in [3.8, 4) is 22.7 Å². The van der Waals surface area contributed by atoms with Gasteiger partial charge in [-0.05, 0) is 67.3 Å². The van der Waals surface area contributed by atoms with E-state index < -0.39 is 0 Å². The number of carbonyl (C=O) groups excluding carboxylic acids is 2. The number of nitrogens with zero attached hydrogens (tertiary/aromatic N) is 3. The molecule has 0 aliphatic carbocycles. The summed E-state index contributed by atoms with van der Waals surface area (Å²) >= 11 is 7.82. The molecular formula is C33H33ClN4O4S. The van der Waals surface area contributed by atoms with E-state index in [1.54, 1.807) is 28.5 Å². The SMILES string of the molecule is COc1ccc(-n2nc(-c3ccc(Cl)cc3)c3c2N(CC(=O)NC[C@@H]2CCCO2)C(=O)CS[C@H]3c2ccccc2C)cc1. The third-order valence-electron chi connectivity index (χ3n) is 7.85. The molecule has 0 bridgehead atoms. The Bertz CT molecular complexity index is 1620. The van der Waals surface area contributed by atoms with Crippen molar-refractivity contribution >= 4 is 41.0 Å². The first-order valence-corrected chi connectivity index (χ1v) is 15.7. The lowest BCUT2D eigenvalue weighted by atomic mass is 9.96. The molecule has 0 radical (unpaired) electrons. The molecule has 1 saturated heterocycles. The average Bonchev–Trinajstić information content (AvgIpc) is 3.66. The molecule has 0 saturated carbocycles. The van der Waals surface area contributed by atoms with Gasteiger partial charge in [0.1, 0.15) is 18.1 Å². The van der Waals surface area contributed by atoms with Crippen LogP contribution in [0.2, 0.25) is 5.02 Å². The fraction of sp³-hybridized carbons (Fsp3) is 0.303. The number of nitrogens with one attached hydrogen (secondary N) is 1. The average molecular weight is 617 g/mol. The summed E-state index contributed by atoms with van der Waals surface area (Å²) in [6.07, 6.45) is 1.90. The van der Waals surface area contributed by atoms with Crippen LogP contribution in [0.25, 0.3) is 16.9 Å². The molecule has 0 unspecified atom stereocenters. The zero-order valence-electron chi connectivity index (χ0n) is 24.1. The third kappa shape index (κ3) is 6.16. The lowest BCUT2D eigenvalue weighted by Crippen LogP contribution is -2.44. The molecule has 2 amide bonds. The normalized spacial score (nSPS) is 18.3. The minimum absolute atomic E-state index is 0.00155. The van der Waals surface area contributed by atoms with E-state index in [2.05, 4.69) is 24.4 Å². The number of anilines is 1. The van der Waals surface area contributed by atoms with Gasteiger partial charge in [0.05, 0.1) is 35.6 Å². The largest absolute Gasteiger partial charge is 0.497 e. The quantitative estimate of drug-likeness (QED) is 0.262. The molecule has 3 heterocycles. The van der Waals surface area contributed by atoms with E-state index >= 15 is 0 Å². The molecule has 2 aliphatic rings. The van der Waals surface area contributed by atoms with Gasteiger partial charge in [0.2, 0.25) is 11.8 Å². The summed E-state index contributed by atoms with van der Waals surface area (Å²) in [7, 11) is 1.62. The molecule has 43 heavy (non-hydrogen) atoms. The van der Waals surface area contributed by atoms with Crippen LogP contribution in [0.1, 0.15) is 34.8 Å². The number of aromatic nitrogens is 2. The number of thioether (sulfide) groups is 1. The van der Waals surface area contributed by atoms with Crippen molar-refractivity contribution < 1.29 is 19.1 Å². The van der Waals surface area contributed by atoms with Crippen molar-refractivity contribution in [1.29, 1.82) is 0 Å². The zero-order chi connectivity index (χ0) is 29.9. The maximum Gasteiger partial charge on any atom is 0.240 e. The number of benzene rings is 3. The van der Waals surface area contributed by atoms with Crippen molar-refractivity contribution in [2.75, 3.05) is 37.5 Å². The number of ether oxygens (including phenoxy) is 2. The van der Waals surface area contributed by atoms with Gasteiger partial charge in [-0.15, -0.1) is 11.8 Å². The Hall–Kier alpha value is -3.79. The number of aryl methyl sites for hydroxylation is 1. The van der Waals surface area contributed by atoms with E-state index in [4.69, 9.17) is 26.2 Å². The highest BCUT2D eigenvalue weighted by molar-refractivity contribution is 8.00. The van der Waals surface area contributed by atoms with E-state index in [0.29, 0.717) is 29.7 Å².